The number of aryl methyl sites for hydroxylation is 1. The van der Waals surface area contributed by atoms with E-state index in [1.807, 2.05) is 0 Å². The predicted molar refractivity (Wildman–Crippen MR) is 64.2 cm³/mol. The molecule has 0 aromatic heterocycles. The Hall–Kier alpha value is -1.71. The predicted octanol–water partition coefficient (Wildman–Crippen LogP) is 2.42. The lowest BCUT2D eigenvalue weighted by Crippen LogP contribution is -2.27. The maximum absolute atomic E-state index is 11.4. The number of phenolic OH excluding ortho intramolecular Hbond substituents is 1. The molecule has 0 atom stereocenters. The lowest BCUT2D eigenvalue weighted by atomic mass is 10.2. The van der Waals surface area contributed by atoms with E-state index in [1.165, 1.54) is 6.07 Å². The summed E-state index contributed by atoms with van der Waals surface area (Å²) in [6.07, 6.45) is 0. The van der Waals surface area contributed by atoms with E-state index in [0.29, 0.717) is 5.75 Å². The van der Waals surface area contributed by atoms with Gasteiger partial charge in [-0.1, -0.05) is 0 Å². The number of esters is 1. The van der Waals surface area contributed by atoms with Crippen LogP contribution in [-0.2, 0) is 9.53 Å². The van der Waals surface area contributed by atoms with Crippen molar-refractivity contribution in [3.63, 3.8) is 0 Å². The molecule has 17 heavy (non-hydrogen) atoms. The van der Waals surface area contributed by atoms with E-state index >= 15 is 0 Å². The number of hydrogen-bond donors (Lipinski definition) is 1. The summed E-state index contributed by atoms with van der Waals surface area (Å²) in [5, 5.41) is 9.22. The Labute approximate surface area is 101 Å². The highest BCUT2D eigenvalue weighted by Crippen LogP contribution is 2.22. The Morgan fingerprint density at radius 2 is 2.00 bits per heavy atom. The second kappa shape index (κ2) is 5.08. The van der Waals surface area contributed by atoms with Crippen LogP contribution in [0.4, 0.5) is 0 Å². The first-order valence-electron chi connectivity index (χ1n) is 5.42. The van der Waals surface area contributed by atoms with Gasteiger partial charge < -0.3 is 14.6 Å². The second-order valence-corrected chi connectivity index (χ2v) is 4.82. The van der Waals surface area contributed by atoms with Gasteiger partial charge in [0.05, 0.1) is 0 Å². The number of carbonyl (C=O) groups excluding carboxylic acids is 1. The molecule has 0 unspecified atom stereocenters. The molecule has 0 amide bonds. The molecule has 0 aliphatic heterocycles. The van der Waals surface area contributed by atoms with Gasteiger partial charge in [-0.05, 0) is 51.5 Å². The average molecular weight is 238 g/mol. The van der Waals surface area contributed by atoms with Gasteiger partial charge in [0.2, 0.25) is 0 Å². The third kappa shape index (κ3) is 4.76. The van der Waals surface area contributed by atoms with Crippen LogP contribution >= 0.6 is 0 Å². The lowest BCUT2D eigenvalue weighted by Gasteiger charge is -2.19. The fraction of sp³-hybridized carbons (Fsp3) is 0.462. The largest absolute Gasteiger partial charge is 0.508 e. The minimum absolute atomic E-state index is 0.136. The number of aromatic hydroxyl groups is 1. The smallest absolute Gasteiger partial charge is 0.344 e. The summed E-state index contributed by atoms with van der Waals surface area (Å²) in [5.74, 6) is 0.325. The second-order valence-electron chi connectivity index (χ2n) is 4.82. The normalized spacial score (nSPS) is 11.1. The Balaban J connectivity index is 2.53. The van der Waals surface area contributed by atoms with Crippen LogP contribution in [0, 0.1) is 6.92 Å². The van der Waals surface area contributed by atoms with Crippen LogP contribution < -0.4 is 4.74 Å². The van der Waals surface area contributed by atoms with Crippen molar-refractivity contribution >= 4 is 5.97 Å². The number of ether oxygens (including phenoxy) is 2. The molecule has 1 N–H and O–H groups in total. The van der Waals surface area contributed by atoms with Crippen LogP contribution in [0.15, 0.2) is 18.2 Å². The van der Waals surface area contributed by atoms with Gasteiger partial charge in [0.25, 0.3) is 0 Å². The fourth-order valence-electron chi connectivity index (χ4n) is 1.30. The molecule has 4 heteroatoms. The Morgan fingerprint density at radius 1 is 1.35 bits per heavy atom. The highest BCUT2D eigenvalue weighted by atomic mass is 16.6. The summed E-state index contributed by atoms with van der Waals surface area (Å²) in [6.45, 7) is 7.07. The molecule has 0 spiro atoms. The molecule has 0 saturated carbocycles. The number of phenols is 1. The molecule has 0 aliphatic rings. The van der Waals surface area contributed by atoms with Crippen molar-refractivity contribution in [1.29, 1.82) is 0 Å². The molecule has 1 aromatic rings. The molecule has 0 radical (unpaired) electrons. The summed E-state index contributed by atoms with van der Waals surface area (Å²) in [4.78, 5) is 11.4. The van der Waals surface area contributed by atoms with Crippen molar-refractivity contribution in [1.82, 2.24) is 0 Å². The van der Waals surface area contributed by atoms with E-state index in [9.17, 15) is 9.90 Å². The van der Waals surface area contributed by atoms with E-state index in [2.05, 4.69) is 0 Å². The van der Waals surface area contributed by atoms with E-state index in [-0.39, 0.29) is 12.4 Å². The standard InChI is InChI=1S/C13H18O4/c1-9-7-10(14)5-6-11(9)16-8-12(15)17-13(2,3)4/h5-7,14H,8H2,1-4H3. The first kappa shape index (κ1) is 13.4. The highest BCUT2D eigenvalue weighted by molar-refractivity contribution is 5.71. The van der Waals surface area contributed by atoms with Gasteiger partial charge in [-0.25, -0.2) is 4.79 Å². The Kier molecular flexibility index (Phi) is 3.99. The summed E-state index contributed by atoms with van der Waals surface area (Å²) < 4.78 is 10.4. The van der Waals surface area contributed by atoms with Gasteiger partial charge in [-0.15, -0.1) is 0 Å². The van der Waals surface area contributed by atoms with E-state index in [0.717, 1.165) is 5.56 Å². The van der Waals surface area contributed by atoms with Gasteiger partial charge in [0.15, 0.2) is 6.61 Å². The highest BCUT2D eigenvalue weighted by Gasteiger charge is 2.16. The van der Waals surface area contributed by atoms with Gasteiger partial charge in [0.1, 0.15) is 17.1 Å². The first-order chi connectivity index (χ1) is 7.78. The molecule has 0 bridgehead atoms. The molecule has 0 heterocycles. The summed E-state index contributed by atoms with van der Waals surface area (Å²) in [5.41, 5.74) is 0.262. The maximum Gasteiger partial charge on any atom is 0.344 e. The minimum Gasteiger partial charge on any atom is -0.508 e. The van der Waals surface area contributed by atoms with Crippen LogP contribution in [0.5, 0.6) is 11.5 Å². The zero-order valence-corrected chi connectivity index (χ0v) is 10.6. The number of rotatable bonds is 3. The molecule has 0 saturated heterocycles. The quantitative estimate of drug-likeness (QED) is 0.822. The SMILES string of the molecule is Cc1cc(O)ccc1OCC(=O)OC(C)(C)C. The van der Waals surface area contributed by atoms with Crippen molar-refractivity contribution in [2.24, 2.45) is 0 Å². The summed E-state index contributed by atoms with van der Waals surface area (Å²) >= 11 is 0. The van der Waals surface area contributed by atoms with Crippen LogP contribution in [0.2, 0.25) is 0 Å². The zero-order valence-electron chi connectivity index (χ0n) is 10.6. The van der Waals surface area contributed by atoms with Crippen molar-refractivity contribution < 1.29 is 19.4 Å². The van der Waals surface area contributed by atoms with Crippen molar-refractivity contribution in [3.8, 4) is 11.5 Å². The topological polar surface area (TPSA) is 55.8 Å². The van der Waals surface area contributed by atoms with E-state index < -0.39 is 11.6 Å². The van der Waals surface area contributed by atoms with Crippen LogP contribution in [0.1, 0.15) is 26.3 Å². The third-order valence-corrected chi connectivity index (χ3v) is 1.92. The fourth-order valence-corrected chi connectivity index (χ4v) is 1.30. The molecule has 4 nitrogen and oxygen atoms in total. The molecule has 0 fully saturated rings. The summed E-state index contributed by atoms with van der Waals surface area (Å²) in [7, 11) is 0. The van der Waals surface area contributed by atoms with Crippen LogP contribution in [-0.4, -0.2) is 23.3 Å². The van der Waals surface area contributed by atoms with E-state index in [4.69, 9.17) is 9.47 Å². The first-order valence-corrected chi connectivity index (χ1v) is 5.42. The molecule has 1 aromatic carbocycles. The summed E-state index contributed by atoms with van der Waals surface area (Å²) in [6, 6.07) is 4.71. The third-order valence-electron chi connectivity index (χ3n) is 1.92. The Bertz CT molecular complexity index is 404. The van der Waals surface area contributed by atoms with Crippen LogP contribution in [0.3, 0.4) is 0 Å². The van der Waals surface area contributed by atoms with Gasteiger partial charge in [-0.3, -0.25) is 0 Å². The zero-order chi connectivity index (χ0) is 13.1. The van der Waals surface area contributed by atoms with Crippen LogP contribution in [0.25, 0.3) is 0 Å². The lowest BCUT2D eigenvalue weighted by molar-refractivity contribution is -0.157. The number of carbonyl (C=O) groups is 1. The maximum atomic E-state index is 11.4. The van der Waals surface area contributed by atoms with E-state index in [1.54, 1.807) is 39.8 Å². The van der Waals surface area contributed by atoms with Gasteiger partial charge in [0, 0.05) is 0 Å². The number of benzene rings is 1. The number of hydrogen-bond acceptors (Lipinski definition) is 4. The van der Waals surface area contributed by atoms with Crippen molar-refractivity contribution in [2.45, 2.75) is 33.3 Å². The van der Waals surface area contributed by atoms with Gasteiger partial charge >= 0.3 is 5.97 Å². The molecule has 94 valence electrons. The minimum atomic E-state index is -0.509. The molecular weight excluding hydrogens is 220 g/mol. The molecule has 1 rings (SSSR count). The average Bonchev–Trinajstić information content (AvgIpc) is 2.13. The Morgan fingerprint density at radius 3 is 2.53 bits per heavy atom. The van der Waals surface area contributed by atoms with Gasteiger partial charge in [-0.2, -0.15) is 0 Å². The van der Waals surface area contributed by atoms with Crippen molar-refractivity contribution in [3.05, 3.63) is 23.8 Å². The molecular formula is C13H18O4. The molecule has 0 aliphatic carbocycles. The monoisotopic (exact) mass is 238 g/mol. The van der Waals surface area contributed by atoms with Crippen molar-refractivity contribution in [2.75, 3.05) is 6.61 Å².